The zero-order valence-corrected chi connectivity index (χ0v) is 10.5. The van der Waals surface area contributed by atoms with Gasteiger partial charge in [0.05, 0.1) is 23.0 Å². The quantitative estimate of drug-likeness (QED) is 0.373. The van der Waals surface area contributed by atoms with Crippen molar-refractivity contribution in [2.75, 3.05) is 0 Å². The Morgan fingerprint density at radius 1 is 1.29 bits per heavy atom. The Balaban J connectivity index is 2.16. The average Bonchev–Trinajstić information content (AvgIpc) is 2.89. The smallest absolute Gasteiger partial charge is 0.422 e. The number of pyridine rings is 1. The van der Waals surface area contributed by atoms with Crippen LogP contribution in [0, 0.1) is 10.1 Å². The molecule has 9 nitrogen and oxygen atoms in total. The molecule has 2 N–H and O–H groups in total. The number of imidazole rings is 1. The minimum Gasteiger partial charge on any atom is -0.422 e. The average molecular weight is 285 g/mol. The van der Waals surface area contributed by atoms with Crippen molar-refractivity contribution in [2.24, 2.45) is 0 Å². The van der Waals surface area contributed by atoms with Gasteiger partial charge in [-0.1, -0.05) is 0 Å². The maximum Gasteiger partial charge on any atom is 0.510 e. The molecule has 0 amide bonds. The first-order valence-corrected chi connectivity index (χ1v) is 5.88. The molecule has 0 aliphatic carbocycles. The first-order chi connectivity index (χ1) is 10.1. The van der Waals surface area contributed by atoms with E-state index in [0.717, 1.165) is 0 Å². The van der Waals surface area contributed by atoms with Gasteiger partial charge in [0.15, 0.2) is 5.65 Å². The van der Waals surface area contributed by atoms with E-state index in [2.05, 4.69) is 15.1 Å². The molecule has 3 rings (SSSR count). The molecule has 0 saturated carbocycles. The van der Waals surface area contributed by atoms with Crippen LogP contribution in [-0.4, -0.2) is 41.7 Å². The Morgan fingerprint density at radius 2 is 2.10 bits per heavy atom. The second-order valence-electron chi connectivity index (χ2n) is 4.19. The molecule has 0 aliphatic heterocycles. The normalized spacial score (nSPS) is 10.8. The molecule has 0 aromatic carbocycles. The fraction of sp³-hybridized carbons (Fsp3) is 0. The van der Waals surface area contributed by atoms with E-state index in [1.54, 1.807) is 6.07 Å². The summed E-state index contributed by atoms with van der Waals surface area (Å²) in [7, 11) is -1.70. The Morgan fingerprint density at radius 3 is 2.81 bits per heavy atom. The van der Waals surface area contributed by atoms with Gasteiger partial charge in [0.2, 0.25) is 0 Å². The molecule has 0 radical (unpaired) electrons. The topological polar surface area (TPSA) is 127 Å². The third-order valence-corrected chi connectivity index (χ3v) is 2.84. The summed E-state index contributed by atoms with van der Waals surface area (Å²) in [4.78, 5) is 18.3. The van der Waals surface area contributed by atoms with Crippen molar-refractivity contribution in [3.63, 3.8) is 0 Å². The third kappa shape index (κ3) is 2.33. The molecule has 21 heavy (non-hydrogen) atoms. The van der Waals surface area contributed by atoms with E-state index in [4.69, 9.17) is 10.0 Å². The highest BCUT2D eigenvalue weighted by molar-refractivity contribution is 6.57. The molecule has 0 saturated heterocycles. The Labute approximate surface area is 117 Å². The number of nitrogens with zero attached hydrogens (tertiary/aromatic N) is 5. The van der Waals surface area contributed by atoms with E-state index < -0.39 is 12.0 Å². The van der Waals surface area contributed by atoms with E-state index in [9.17, 15) is 10.1 Å². The van der Waals surface area contributed by atoms with Crippen LogP contribution in [0.5, 0.6) is 0 Å². The molecular formula is C11H8BN5O4. The molecule has 0 fully saturated rings. The van der Waals surface area contributed by atoms with Crippen molar-refractivity contribution in [1.82, 2.24) is 19.6 Å². The molecule has 0 unspecified atom stereocenters. The monoisotopic (exact) mass is 285 g/mol. The van der Waals surface area contributed by atoms with Gasteiger partial charge in [0.1, 0.15) is 6.20 Å². The number of fused-ring (bicyclic) bond motifs is 1. The van der Waals surface area contributed by atoms with E-state index in [0.29, 0.717) is 11.3 Å². The molecule has 3 heterocycles. The summed E-state index contributed by atoms with van der Waals surface area (Å²) in [6, 6.07) is 6.05. The van der Waals surface area contributed by atoms with E-state index in [-0.39, 0.29) is 17.0 Å². The van der Waals surface area contributed by atoms with Gasteiger partial charge in [-0.25, -0.2) is 9.50 Å². The standard InChI is InChI=1S/C11H8BN5O4/c18-12(19)9-3-4-10-14-8(6-16(10)15-9)7-2-1-5-13-11(7)17(20)21/h1-6,18-19H. The lowest BCUT2D eigenvalue weighted by Gasteiger charge is -1.97. The largest absolute Gasteiger partial charge is 0.510 e. The summed E-state index contributed by atoms with van der Waals surface area (Å²) < 4.78 is 1.32. The highest BCUT2D eigenvalue weighted by Crippen LogP contribution is 2.26. The van der Waals surface area contributed by atoms with Gasteiger partial charge in [0.25, 0.3) is 0 Å². The molecule has 10 heteroatoms. The number of hydrogen-bond donors (Lipinski definition) is 2. The van der Waals surface area contributed by atoms with Gasteiger partial charge in [-0.3, -0.25) is 0 Å². The first kappa shape index (κ1) is 13.2. The van der Waals surface area contributed by atoms with Crippen LogP contribution in [0.2, 0.25) is 0 Å². The van der Waals surface area contributed by atoms with Crippen molar-refractivity contribution in [2.45, 2.75) is 0 Å². The molecule has 0 aliphatic rings. The molecule has 0 bridgehead atoms. The van der Waals surface area contributed by atoms with Crippen molar-refractivity contribution in [3.8, 4) is 11.3 Å². The predicted octanol–water partition coefficient (Wildman–Crippen LogP) is -0.621. The number of hydrogen-bond acceptors (Lipinski definition) is 7. The predicted molar refractivity (Wildman–Crippen MR) is 72.7 cm³/mol. The van der Waals surface area contributed by atoms with Gasteiger partial charge < -0.3 is 20.2 Å². The Hall–Kier alpha value is -2.85. The van der Waals surface area contributed by atoms with Gasteiger partial charge in [-0.15, -0.1) is 0 Å². The van der Waals surface area contributed by atoms with E-state index in [1.165, 1.54) is 35.1 Å². The molecule has 0 atom stereocenters. The number of rotatable bonds is 3. The molecule has 3 aromatic heterocycles. The van der Waals surface area contributed by atoms with Crippen LogP contribution in [0.3, 0.4) is 0 Å². The van der Waals surface area contributed by atoms with Gasteiger partial charge in [-0.2, -0.15) is 5.10 Å². The molecule has 0 spiro atoms. The Bertz CT molecular complexity index is 834. The second kappa shape index (κ2) is 4.92. The summed E-state index contributed by atoms with van der Waals surface area (Å²) in [6.07, 6.45) is 2.79. The summed E-state index contributed by atoms with van der Waals surface area (Å²) in [6.45, 7) is 0. The molecule has 104 valence electrons. The molecule has 3 aromatic rings. The van der Waals surface area contributed by atoms with Crippen molar-refractivity contribution >= 4 is 24.2 Å². The van der Waals surface area contributed by atoms with Crippen LogP contribution >= 0.6 is 0 Å². The van der Waals surface area contributed by atoms with Gasteiger partial charge in [-0.05, 0) is 34.2 Å². The maximum atomic E-state index is 11.0. The maximum absolute atomic E-state index is 11.0. The van der Waals surface area contributed by atoms with Crippen LogP contribution < -0.4 is 5.59 Å². The molecular weight excluding hydrogens is 277 g/mol. The second-order valence-corrected chi connectivity index (χ2v) is 4.19. The minimum absolute atomic E-state index is 0.0483. The fourth-order valence-corrected chi connectivity index (χ4v) is 1.91. The summed E-state index contributed by atoms with van der Waals surface area (Å²) in [5.41, 5.74) is 1.06. The van der Waals surface area contributed by atoms with Crippen molar-refractivity contribution in [3.05, 3.63) is 46.8 Å². The van der Waals surface area contributed by atoms with Crippen LogP contribution in [-0.2, 0) is 0 Å². The van der Waals surface area contributed by atoms with Gasteiger partial charge >= 0.3 is 12.9 Å². The van der Waals surface area contributed by atoms with Crippen molar-refractivity contribution in [1.29, 1.82) is 0 Å². The SMILES string of the molecule is O=[N+]([O-])c1ncccc1-c1cn2nc(B(O)O)ccc2n1. The van der Waals surface area contributed by atoms with Gasteiger partial charge in [0, 0.05) is 0 Å². The van der Waals surface area contributed by atoms with E-state index in [1.807, 2.05) is 0 Å². The van der Waals surface area contributed by atoms with E-state index >= 15 is 0 Å². The minimum atomic E-state index is -1.70. The fourth-order valence-electron chi connectivity index (χ4n) is 1.91. The third-order valence-electron chi connectivity index (χ3n) is 2.84. The van der Waals surface area contributed by atoms with Crippen LogP contribution in [0.1, 0.15) is 0 Å². The Kier molecular flexibility index (Phi) is 3.08. The van der Waals surface area contributed by atoms with Crippen LogP contribution in [0.15, 0.2) is 36.7 Å². The highest BCUT2D eigenvalue weighted by atomic mass is 16.6. The van der Waals surface area contributed by atoms with Crippen molar-refractivity contribution < 1.29 is 15.0 Å². The zero-order valence-electron chi connectivity index (χ0n) is 10.5. The lowest BCUT2D eigenvalue weighted by Crippen LogP contribution is -2.33. The van der Waals surface area contributed by atoms with Crippen LogP contribution in [0.25, 0.3) is 16.9 Å². The zero-order chi connectivity index (χ0) is 15.0. The number of nitro groups is 1. The summed E-state index contributed by atoms with van der Waals surface area (Å²) >= 11 is 0. The highest BCUT2D eigenvalue weighted by Gasteiger charge is 2.19. The summed E-state index contributed by atoms with van der Waals surface area (Å²) in [5, 5.41) is 33.1. The van der Waals surface area contributed by atoms with Crippen LogP contribution in [0.4, 0.5) is 5.82 Å². The first-order valence-electron chi connectivity index (χ1n) is 5.88. The lowest BCUT2D eigenvalue weighted by atomic mass is 9.86. The number of aromatic nitrogens is 4. The lowest BCUT2D eigenvalue weighted by molar-refractivity contribution is -0.388. The summed E-state index contributed by atoms with van der Waals surface area (Å²) in [5.74, 6) is -0.302.